The van der Waals surface area contributed by atoms with Crippen LogP contribution in [0.3, 0.4) is 0 Å². The van der Waals surface area contributed by atoms with Gasteiger partial charge in [0.2, 0.25) is 5.91 Å². The summed E-state index contributed by atoms with van der Waals surface area (Å²) in [6, 6.07) is 8.14. The van der Waals surface area contributed by atoms with E-state index in [2.05, 4.69) is 29.6 Å². The molecular weight excluding hydrogens is 262 g/mol. The number of amides is 1. The van der Waals surface area contributed by atoms with Gasteiger partial charge < -0.3 is 10.1 Å². The molecule has 3 nitrogen and oxygen atoms in total. The zero-order valence-corrected chi connectivity index (χ0v) is 12.6. The molecule has 0 spiro atoms. The molecule has 1 heterocycles. The van der Waals surface area contributed by atoms with Crippen molar-refractivity contribution in [3.8, 4) is 5.75 Å². The van der Waals surface area contributed by atoms with Crippen LogP contribution in [0.4, 0.5) is 0 Å². The minimum absolute atomic E-state index is 0.00796. The summed E-state index contributed by atoms with van der Waals surface area (Å²) in [5.41, 5.74) is 3.68. The third kappa shape index (κ3) is 2.73. The van der Waals surface area contributed by atoms with Crippen molar-refractivity contribution < 1.29 is 9.53 Å². The number of hydrogen-bond acceptors (Lipinski definition) is 2. The molecule has 3 rings (SSSR count). The van der Waals surface area contributed by atoms with E-state index in [1.54, 1.807) is 7.11 Å². The maximum absolute atomic E-state index is 12.2. The molecule has 1 aliphatic heterocycles. The van der Waals surface area contributed by atoms with Crippen molar-refractivity contribution in [2.75, 3.05) is 7.11 Å². The predicted octanol–water partition coefficient (Wildman–Crippen LogP) is 3.22. The van der Waals surface area contributed by atoms with Crippen LogP contribution in [-0.4, -0.2) is 13.0 Å². The first-order valence-corrected chi connectivity index (χ1v) is 7.52. The molecule has 110 valence electrons. The van der Waals surface area contributed by atoms with Crippen molar-refractivity contribution in [2.24, 2.45) is 11.8 Å². The number of allylic oxidation sites excluding steroid dienone is 4. The summed E-state index contributed by atoms with van der Waals surface area (Å²) in [4.78, 5) is 12.2. The van der Waals surface area contributed by atoms with Crippen LogP contribution in [-0.2, 0) is 11.2 Å². The van der Waals surface area contributed by atoms with Gasteiger partial charge in [0.05, 0.1) is 7.11 Å². The minimum Gasteiger partial charge on any atom is -0.497 e. The maximum atomic E-state index is 12.2. The standard InChI is InChI=1S/C18H21NO2/c1-12-16(11-13-7-9-14(21-2)10-8-13)15-5-3-4-6-17(15)19-18(12)20/h3,5,7-10,12,16H,4,6,11H2,1-2H3,(H,19,20). The highest BCUT2D eigenvalue weighted by molar-refractivity contribution is 5.83. The van der Waals surface area contributed by atoms with Crippen LogP contribution in [0.1, 0.15) is 25.3 Å². The molecule has 1 aromatic rings. The topological polar surface area (TPSA) is 38.3 Å². The lowest BCUT2D eigenvalue weighted by Gasteiger charge is -2.34. The molecule has 2 unspecified atom stereocenters. The molecule has 1 aliphatic carbocycles. The highest BCUT2D eigenvalue weighted by atomic mass is 16.5. The number of benzene rings is 1. The summed E-state index contributed by atoms with van der Waals surface area (Å²) in [6.45, 7) is 2.02. The Morgan fingerprint density at radius 1 is 1.29 bits per heavy atom. The second-order valence-electron chi connectivity index (χ2n) is 5.81. The largest absolute Gasteiger partial charge is 0.497 e. The minimum atomic E-state index is 0.00796. The van der Waals surface area contributed by atoms with Crippen LogP contribution in [0.2, 0.25) is 0 Å². The number of nitrogens with one attached hydrogen (secondary N) is 1. The Morgan fingerprint density at radius 3 is 2.76 bits per heavy atom. The fourth-order valence-corrected chi connectivity index (χ4v) is 3.18. The van der Waals surface area contributed by atoms with Gasteiger partial charge in [0.1, 0.15) is 5.75 Å². The summed E-state index contributed by atoms with van der Waals surface area (Å²) >= 11 is 0. The van der Waals surface area contributed by atoms with Crippen LogP contribution in [0.15, 0.2) is 47.7 Å². The molecule has 0 radical (unpaired) electrons. The quantitative estimate of drug-likeness (QED) is 0.925. The van der Waals surface area contributed by atoms with E-state index < -0.39 is 0 Å². The van der Waals surface area contributed by atoms with Crippen LogP contribution in [0.5, 0.6) is 5.75 Å². The highest BCUT2D eigenvalue weighted by Crippen LogP contribution is 2.35. The second-order valence-corrected chi connectivity index (χ2v) is 5.81. The van der Waals surface area contributed by atoms with Gasteiger partial charge in [-0.25, -0.2) is 0 Å². The molecule has 21 heavy (non-hydrogen) atoms. The first-order chi connectivity index (χ1) is 10.2. The van der Waals surface area contributed by atoms with Crippen LogP contribution < -0.4 is 10.1 Å². The molecule has 0 fully saturated rings. The van der Waals surface area contributed by atoms with E-state index in [9.17, 15) is 4.79 Å². The lowest BCUT2D eigenvalue weighted by atomic mass is 9.76. The van der Waals surface area contributed by atoms with Crippen molar-refractivity contribution in [3.63, 3.8) is 0 Å². The molecule has 1 amide bonds. The summed E-state index contributed by atoms with van der Waals surface area (Å²) in [5, 5.41) is 3.07. The second kappa shape index (κ2) is 5.76. The Labute approximate surface area is 125 Å². The summed E-state index contributed by atoms with van der Waals surface area (Å²) < 4.78 is 5.20. The van der Waals surface area contributed by atoms with Crippen LogP contribution in [0.25, 0.3) is 0 Å². The van der Waals surface area contributed by atoms with Crippen molar-refractivity contribution >= 4 is 5.91 Å². The molecule has 2 atom stereocenters. The van der Waals surface area contributed by atoms with E-state index >= 15 is 0 Å². The molecule has 1 N–H and O–H groups in total. The molecule has 1 aromatic carbocycles. The van der Waals surface area contributed by atoms with Gasteiger partial charge in [0.15, 0.2) is 0 Å². The van der Waals surface area contributed by atoms with Gasteiger partial charge in [-0.05, 0) is 42.5 Å². The number of rotatable bonds is 3. The average Bonchev–Trinajstić information content (AvgIpc) is 2.52. The molecule has 0 bridgehead atoms. The van der Waals surface area contributed by atoms with Crippen LogP contribution in [0, 0.1) is 11.8 Å². The lowest BCUT2D eigenvalue weighted by Crippen LogP contribution is -2.41. The van der Waals surface area contributed by atoms with Gasteiger partial charge in [0.25, 0.3) is 0 Å². The molecular formula is C18H21NO2. The number of hydrogen-bond donors (Lipinski definition) is 1. The van der Waals surface area contributed by atoms with E-state index in [0.717, 1.165) is 30.7 Å². The first kappa shape index (κ1) is 13.9. The zero-order valence-electron chi connectivity index (χ0n) is 12.6. The van der Waals surface area contributed by atoms with Crippen molar-refractivity contribution in [2.45, 2.75) is 26.2 Å². The molecule has 2 aliphatic rings. The Bertz CT molecular complexity index is 598. The number of carbonyl (C=O) groups is 1. The Balaban J connectivity index is 1.87. The third-order valence-electron chi connectivity index (χ3n) is 4.51. The van der Waals surface area contributed by atoms with E-state index in [1.165, 1.54) is 11.1 Å². The Kier molecular flexibility index (Phi) is 3.82. The van der Waals surface area contributed by atoms with Gasteiger partial charge in [-0.3, -0.25) is 4.79 Å². The summed E-state index contributed by atoms with van der Waals surface area (Å²) in [7, 11) is 1.67. The van der Waals surface area contributed by atoms with Gasteiger partial charge in [-0.2, -0.15) is 0 Å². The van der Waals surface area contributed by atoms with E-state index in [1.807, 2.05) is 19.1 Å². The Morgan fingerprint density at radius 2 is 2.05 bits per heavy atom. The zero-order chi connectivity index (χ0) is 14.8. The number of ether oxygens (including phenoxy) is 1. The van der Waals surface area contributed by atoms with Gasteiger partial charge in [0, 0.05) is 17.5 Å². The van der Waals surface area contributed by atoms with Gasteiger partial charge in [-0.15, -0.1) is 0 Å². The lowest BCUT2D eigenvalue weighted by molar-refractivity contribution is -0.125. The van der Waals surface area contributed by atoms with E-state index in [-0.39, 0.29) is 17.7 Å². The molecule has 0 saturated carbocycles. The maximum Gasteiger partial charge on any atom is 0.227 e. The molecule has 3 heteroatoms. The van der Waals surface area contributed by atoms with Gasteiger partial charge >= 0.3 is 0 Å². The van der Waals surface area contributed by atoms with Crippen molar-refractivity contribution in [1.29, 1.82) is 0 Å². The SMILES string of the molecule is COc1ccc(CC2C3=C(CCC=C3)NC(=O)C2C)cc1. The van der Waals surface area contributed by atoms with E-state index in [4.69, 9.17) is 4.74 Å². The number of methoxy groups -OCH3 is 1. The predicted molar refractivity (Wildman–Crippen MR) is 82.9 cm³/mol. The Hall–Kier alpha value is -2.03. The monoisotopic (exact) mass is 283 g/mol. The molecule has 0 aromatic heterocycles. The van der Waals surface area contributed by atoms with Crippen LogP contribution >= 0.6 is 0 Å². The first-order valence-electron chi connectivity index (χ1n) is 7.52. The fraction of sp³-hybridized carbons (Fsp3) is 0.389. The number of carbonyl (C=O) groups excluding carboxylic acids is 1. The summed E-state index contributed by atoms with van der Waals surface area (Å²) in [6.07, 6.45) is 7.26. The van der Waals surface area contributed by atoms with Gasteiger partial charge in [-0.1, -0.05) is 31.2 Å². The molecule has 0 saturated heterocycles. The average molecular weight is 283 g/mol. The van der Waals surface area contributed by atoms with Crippen molar-refractivity contribution in [1.82, 2.24) is 5.32 Å². The highest BCUT2D eigenvalue weighted by Gasteiger charge is 2.33. The van der Waals surface area contributed by atoms with Crippen molar-refractivity contribution in [3.05, 3.63) is 53.3 Å². The smallest absolute Gasteiger partial charge is 0.227 e. The third-order valence-corrected chi connectivity index (χ3v) is 4.51. The fourth-order valence-electron chi connectivity index (χ4n) is 3.18. The summed E-state index contributed by atoms with van der Waals surface area (Å²) in [5.74, 6) is 1.29. The normalized spacial score (nSPS) is 24.6. The van der Waals surface area contributed by atoms with E-state index in [0.29, 0.717) is 0 Å².